The summed E-state index contributed by atoms with van der Waals surface area (Å²) < 4.78 is 0. The quantitative estimate of drug-likeness (QED) is 0.167. The van der Waals surface area contributed by atoms with Crippen molar-refractivity contribution in [1.29, 1.82) is 0 Å². The molecule has 0 bridgehead atoms. The minimum atomic E-state index is -1.09. The zero-order chi connectivity index (χ0) is 37.8. The molecule has 0 aromatic rings. The van der Waals surface area contributed by atoms with Crippen LogP contribution in [-0.2, 0) is 24.0 Å². The molecule has 1 unspecified atom stereocenters. The number of rotatable bonds is 12. The molecule has 4 aliphatic carbocycles. The highest BCUT2D eigenvalue weighted by molar-refractivity contribution is 6.37. The molecule has 1 heterocycles. The standard InChI is InChI=1S/C38H63N7O6/c1-33(2,3)27(43-32(51)44-36(15-9-8-10-16-36)21-41-31(50)34(4,5)40)30(49)45-22-38(35(6,7)37(38)17-12-18-37)20-25(45)29(48)42-24(26(46)28(39)47)19-23-13-11-14-23/h23-25,27H,8-22,40H2,1-7H3,(H2,39,47)(H,41,50)(H,42,48)(H2,43,44,51)/t24?,25-,27+,38+/m0/s1. The van der Waals surface area contributed by atoms with Gasteiger partial charge < -0.3 is 37.6 Å². The van der Waals surface area contributed by atoms with E-state index >= 15 is 0 Å². The van der Waals surface area contributed by atoms with E-state index in [9.17, 15) is 28.8 Å². The van der Waals surface area contributed by atoms with Crippen LogP contribution in [0.2, 0.25) is 0 Å². The van der Waals surface area contributed by atoms with Gasteiger partial charge in [0, 0.05) is 18.5 Å². The molecule has 0 aromatic carbocycles. The summed E-state index contributed by atoms with van der Waals surface area (Å²) in [7, 11) is 0. The fourth-order valence-corrected chi connectivity index (χ4v) is 10.1. The summed E-state index contributed by atoms with van der Waals surface area (Å²) >= 11 is 0. The first-order valence-corrected chi connectivity index (χ1v) is 19.2. The summed E-state index contributed by atoms with van der Waals surface area (Å²) in [6.45, 7) is 13.9. The van der Waals surface area contributed by atoms with Crippen molar-refractivity contribution in [2.75, 3.05) is 13.1 Å². The number of hydrogen-bond donors (Lipinski definition) is 6. The van der Waals surface area contributed by atoms with Crippen LogP contribution in [0.25, 0.3) is 0 Å². The van der Waals surface area contributed by atoms with Crippen molar-refractivity contribution in [3.05, 3.63) is 0 Å². The Morgan fingerprint density at radius 2 is 1.47 bits per heavy atom. The molecule has 6 amide bonds. The first-order chi connectivity index (χ1) is 23.6. The van der Waals surface area contributed by atoms with E-state index in [1.807, 2.05) is 20.8 Å². The number of primary amides is 1. The van der Waals surface area contributed by atoms with Crippen LogP contribution < -0.4 is 32.7 Å². The minimum absolute atomic E-state index is 0.0276. The van der Waals surface area contributed by atoms with Gasteiger partial charge in [-0.15, -0.1) is 0 Å². The average Bonchev–Trinajstić information content (AvgIpc) is 3.21. The Labute approximate surface area is 303 Å². The van der Waals surface area contributed by atoms with Crippen molar-refractivity contribution >= 4 is 35.4 Å². The highest BCUT2D eigenvalue weighted by Gasteiger charge is 2.85. The molecule has 13 heteroatoms. The largest absolute Gasteiger partial charge is 0.363 e. The predicted octanol–water partition coefficient (Wildman–Crippen LogP) is 2.78. The number of amides is 6. The third-order valence-corrected chi connectivity index (χ3v) is 13.8. The Balaban J connectivity index is 1.38. The Morgan fingerprint density at radius 1 is 0.843 bits per heavy atom. The molecule has 1 saturated heterocycles. The lowest BCUT2D eigenvalue weighted by Gasteiger charge is -2.40. The summed E-state index contributed by atoms with van der Waals surface area (Å²) in [5.41, 5.74) is 8.57. The second kappa shape index (κ2) is 13.6. The van der Waals surface area contributed by atoms with Crippen LogP contribution in [0, 0.1) is 27.6 Å². The van der Waals surface area contributed by atoms with Crippen molar-refractivity contribution in [2.45, 2.75) is 161 Å². The van der Waals surface area contributed by atoms with Gasteiger partial charge in [0.15, 0.2) is 0 Å². The second-order valence-corrected chi connectivity index (χ2v) is 18.8. The number of carbonyl (C=O) groups excluding carboxylic acids is 6. The molecule has 5 fully saturated rings. The van der Waals surface area contributed by atoms with Crippen LogP contribution in [0.3, 0.4) is 0 Å². The maximum atomic E-state index is 14.8. The number of nitrogens with zero attached hydrogens (tertiary/aromatic N) is 1. The molecule has 0 radical (unpaired) electrons. The van der Waals surface area contributed by atoms with Crippen LogP contribution in [0.15, 0.2) is 0 Å². The Hall–Kier alpha value is -3.22. The fraction of sp³-hybridized carbons (Fsp3) is 0.842. The number of ketones is 1. The molecule has 5 aliphatic rings. The van der Waals surface area contributed by atoms with Gasteiger partial charge in [-0.3, -0.25) is 24.0 Å². The summed E-state index contributed by atoms with van der Waals surface area (Å²) in [5, 5.41) is 11.9. The number of urea groups is 1. The maximum absolute atomic E-state index is 14.8. The van der Waals surface area contributed by atoms with E-state index in [2.05, 4.69) is 35.1 Å². The molecule has 13 nitrogen and oxygen atoms in total. The summed E-state index contributed by atoms with van der Waals surface area (Å²) in [6.07, 6.45) is 11.0. The zero-order valence-corrected chi connectivity index (χ0v) is 32.0. The summed E-state index contributed by atoms with van der Waals surface area (Å²) in [5.74, 6) is -2.83. The van der Waals surface area contributed by atoms with Crippen LogP contribution in [0.5, 0.6) is 0 Å². The lowest BCUT2D eigenvalue weighted by atomic mass is 9.73. The maximum Gasteiger partial charge on any atom is 0.315 e. The van der Waals surface area contributed by atoms with Crippen molar-refractivity contribution in [1.82, 2.24) is 26.2 Å². The van der Waals surface area contributed by atoms with E-state index in [1.54, 1.807) is 18.7 Å². The SMILES string of the molecule is CC(C)(N)C(=O)NCC1(NC(=O)N[C@H](C(=O)N2C[C@]3(C[C@H]2C(=O)NC(CC2CCC2)C(=O)C(N)=O)C(C)(C)C32CCC2)C(C)(C)C)CCCCC1. The van der Waals surface area contributed by atoms with E-state index in [0.717, 1.165) is 57.8 Å². The van der Waals surface area contributed by atoms with Crippen LogP contribution in [-0.4, -0.2) is 82.6 Å². The first-order valence-electron chi connectivity index (χ1n) is 19.2. The van der Waals surface area contributed by atoms with Crippen LogP contribution in [0.4, 0.5) is 4.79 Å². The Bertz CT molecular complexity index is 1420. The molecule has 51 heavy (non-hydrogen) atoms. The minimum Gasteiger partial charge on any atom is -0.363 e. The summed E-state index contributed by atoms with van der Waals surface area (Å²) in [6, 6.07) is -3.43. The molecule has 286 valence electrons. The van der Waals surface area contributed by atoms with Gasteiger partial charge in [0.1, 0.15) is 12.1 Å². The number of nitrogens with two attached hydrogens (primary N) is 2. The monoisotopic (exact) mass is 713 g/mol. The number of hydrogen-bond acceptors (Lipinski definition) is 7. The summed E-state index contributed by atoms with van der Waals surface area (Å²) in [4.78, 5) is 82.2. The Kier molecular flexibility index (Phi) is 10.4. The number of nitrogens with one attached hydrogen (secondary N) is 4. The van der Waals surface area contributed by atoms with Crippen LogP contribution in [0.1, 0.15) is 132 Å². The number of Topliss-reactive ketones (excluding diaryl/α,β-unsaturated/α-hetero) is 1. The zero-order valence-electron chi connectivity index (χ0n) is 32.0. The molecule has 2 spiro atoms. The smallest absolute Gasteiger partial charge is 0.315 e. The first kappa shape index (κ1) is 39.0. The van der Waals surface area contributed by atoms with Gasteiger partial charge in [-0.2, -0.15) is 0 Å². The van der Waals surface area contributed by atoms with Crippen molar-refractivity contribution in [3.8, 4) is 0 Å². The van der Waals surface area contributed by atoms with E-state index < -0.39 is 58.2 Å². The number of fused-ring (bicyclic) bond motifs is 1. The Morgan fingerprint density at radius 3 is 1.94 bits per heavy atom. The van der Waals surface area contributed by atoms with Gasteiger partial charge in [0.25, 0.3) is 5.91 Å². The topological polar surface area (TPSA) is 206 Å². The third kappa shape index (κ3) is 7.12. The molecule has 4 saturated carbocycles. The normalized spacial score (nSPS) is 27.4. The highest BCUT2D eigenvalue weighted by atomic mass is 16.2. The van der Waals surface area contributed by atoms with Gasteiger partial charge in [-0.1, -0.05) is 79.6 Å². The lowest BCUT2D eigenvalue weighted by molar-refractivity contribution is -0.143. The van der Waals surface area contributed by atoms with Gasteiger partial charge in [-0.05, 0) is 74.5 Å². The van der Waals surface area contributed by atoms with Gasteiger partial charge >= 0.3 is 6.03 Å². The predicted molar refractivity (Wildman–Crippen MR) is 193 cm³/mol. The molecule has 0 aromatic heterocycles. The van der Waals surface area contributed by atoms with Crippen molar-refractivity contribution in [2.24, 2.45) is 39.0 Å². The lowest BCUT2D eigenvalue weighted by Crippen LogP contribution is -2.64. The van der Waals surface area contributed by atoms with E-state index in [-0.39, 0.29) is 40.5 Å². The molecule has 4 atom stereocenters. The van der Waals surface area contributed by atoms with Gasteiger partial charge in [0.2, 0.25) is 23.5 Å². The van der Waals surface area contributed by atoms with Crippen molar-refractivity contribution in [3.63, 3.8) is 0 Å². The van der Waals surface area contributed by atoms with E-state index in [4.69, 9.17) is 11.5 Å². The van der Waals surface area contributed by atoms with Crippen LogP contribution >= 0.6 is 0 Å². The third-order valence-electron chi connectivity index (χ3n) is 13.8. The average molecular weight is 714 g/mol. The highest BCUT2D eigenvalue weighted by Crippen LogP contribution is 2.88. The van der Waals surface area contributed by atoms with E-state index in [0.29, 0.717) is 32.2 Å². The molecular formula is C38H63N7O6. The van der Waals surface area contributed by atoms with Gasteiger partial charge in [-0.25, -0.2) is 4.79 Å². The second-order valence-electron chi connectivity index (χ2n) is 18.8. The van der Waals surface area contributed by atoms with E-state index in [1.165, 1.54) is 0 Å². The molecule has 8 N–H and O–H groups in total. The molecule has 5 rings (SSSR count). The number of likely N-dealkylation sites (tertiary alicyclic amines) is 1. The molecule has 1 aliphatic heterocycles. The number of carbonyl (C=O) groups is 6. The molecular weight excluding hydrogens is 650 g/mol. The van der Waals surface area contributed by atoms with Gasteiger partial charge in [0.05, 0.1) is 17.1 Å². The van der Waals surface area contributed by atoms with Crippen molar-refractivity contribution < 1.29 is 28.8 Å². The fourth-order valence-electron chi connectivity index (χ4n) is 10.1.